The number of likely N-dealkylation sites (tertiary alicyclic amines) is 2. The molecule has 4 atom stereocenters. The first-order valence-electron chi connectivity index (χ1n) is 14.6. The number of Topliss-reactive ketones (excluding diaryl/α,β-unsaturated/α-hetero) is 2. The lowest BCUT2D eigenvalue weighted by Gasteiger charge is -2.36. The zero-order valence-electron chi connectivity index (χ0n) is 26.1. The summed E-state index contributed by atoms with van der Waals surface area (Å²) in [4.78, 5) is 51.3. The molecule has 2 fully saturated rings. The predicted octanol–water partition coefficient (Wildman–Crippen LogP) is 4.85. The summed E-state index contributed by atoms with van der Waals surface area (Å²) in [5.41, 5.74) is 1.33. The van der Waals surface area contributed by atoms with E-state index in [0.29, 0.717) is 35.9 Å². The number of carbonyl (C=O) groups is 4. The summed E-state index contributed by atoms with van der Waals surface area (Å²) in [5, 5.41) is 16.3. The van der Waals surface area contributed by atoms with Crippen LogP contribution in [0.25, 0.3) is 0 Å². The fraction of sp³-hybridized carbons (Fsp3) is 0.500. The third kappa shape index (κ3) is 15.0. The second-order valence-corrected chi connectivity index (χ2v) is 13.4. The van der Waals surface area contributed by atoms with Gasteiger partial charge in [-0.3, -0.25) is 29.0 Å². The minimum Gasteiger partial charge on any atom is -0.480 e. The van der Waals surface area contributed by atoms with Gasteiger partial charge in [0.05, 0.1) is 20.2 Å². The summed E-state index contributed by atoms with van der Waals surface area (Å²) < 4.78 is 14.0. The van der Waals surface area contributed by atoms with Gasteiger partial charge in [-0.2, -0.15) is 0 Å². The van der Waals surface area contributed by atoms with Gasteiger partial charge in [0, 0.05) is 39.6 Å². The molecule has 0 saturated carbocycles. The zero-order chi connectivity index (χ0) is 33.9. The molecule has 2 heterocycles. The standard InChI is InChI=1S/C16H21NO3.C15H19NO3.CH4O.Cl2OS/c1-12-8-9-17(14(10-12)16(19)20-2)11-15(18)13-6-4-3-5-7-13;1-11-7-8-16(13(9-11)15(18)19)10-14(17)12-5-3-2-4-6-12;1-2;1-4(2)3/h3-7,12,14H,8-11H2,1-2H3;2-6,11,13H,7-10H2,1H3,(H,18,19);2H,1H3;. The second-order valence-electron chi connectivity index (χ2n) is 10.9. The van der Waals surface area contributed by atoms with Crippen molar-refractivity contribution in [3.8, 4) is 0 Å². The van der Waals surface area contributed by atoms with Gasteiger partial charge in [-0.15, -0.1) is 0 Å². The van der Waals surface area contributed by atoms with Gasteiger partial charge in [-0.05, 0) is 50.6 Å². The van der Waals surface area contributed by atoms with Crippen LogP contribution in [0, 0.1) is 11.8 Å². The van der Waals surface area contributed by atoms with Crippen LogP contribution in [0.4, 0.5) is 0 Å². The number of benzene rings is 2. The average Bonchev–Trinajstić information content (AvgIpc) is 3.04. The van der Waals surface area contributed by atoms with Gasteiger partial charge in [0.15, 0.2) is 11.6 Å². The first kappa shape index (κ1) is 40.4. The van der Waals surface area contributed by atoms with Gasteiger partial charge in [0.1, 0.15) is 12.1 Å². The summed E-state index contributed by atoms with van der Waals surface area (Å²) in [7, 11) is 9.76. The number of rotatable bonds is 8. The Morgan fingerprint density at radius 1 is 0.778 bits per heavy atom. The van der Waals surface area contributed by atoms with Crippen molar-refractivity contribution >= 4 is 54.1 Å². The summed E-state index contributed by atoms with van der Waals surface area (Å²) >= 11 is 0. The molecular formula is C32H44Cl2N2O8S. The fourth-order valence-corrected chi connectivity index (χ4v) is 5.20. The number of aliphatic hydroxyl groups excluding tert-OH is 1. The van der Waals surface area contributed by atoms with E-state index in [1.54, 1.807) is 17.0 Å². The minimum atomic E-state index is -1.67. The molecule has 4 rings (SSSR count). The third-order valence-corrected chi connectivity index (χ3v) is 7.59. The van der Waals surface area contributed by atoms with Crippen LogP contribution >= 0.6 is 21.4 Å². The van der Waals surface area contributed by atoms with Gasteiger partial charge in [0.2, 0.25) is 9.23 Å². The van der Waals surface area contributed by atoms with E-state index >= 15 is 0 Å². The van der Waals surface area contributed by atoms with Gasteiger partial charge in [-0.25, -0.2) is 4.21 Å². The van der Waals surface area contributed by atoms with Crippen molar-refractivity contribution in [2.75, 3.05) is 40.4 Å². The normalized spacial score (nSPS) is 21.4. The number of hydrogen-bond acceptors (Lipinski definition) is 9. The maximum absolute atomic E-state index is 12.3. The van der Waals surface area contributed by atoms with E-state index in [2.05, 4.69) is 35.2 Å². The largest absolute Gasteiger partial charge is 0.480 e. The Morgan fingerprint density at radius 2 is 1.13 bits per heavy atom. The van der Waals surface area contributed by atoms with Crippen LogP contribution in [0.3, 0.4) is 0 Å². The third-order valence-electron chi connectivity index (χ3n) is 7.59. The van der Waals surface area contributed by atoms with E-state index in [1.165, 1.54) is 7.11 Å². The van der Waals surface area contributed by atoms with Crippen molar-refractivity contribution in [3.05, 3.63) is 71.8 Å². The van der Waals surface area contributed by atoms with Crippen molar-refractivity contribution in [3.63, 3.8) is 0 Å². The molecule has 0 amide bonds. The highest BCUT2D eigenvalue weighted by Crippen LogP contribution is 2.24. The SMILES string of the molecule is CC1CCN(CC(=O)c2ccccc2)C(C(=O)O)C1.CO.COC(=O)C1CC(C)CCN1CC(=O)c1ccccc1.O=S(Cl)Cl. The summed E-state index contributed by atoms with van der Waals surface area (Å²) in [6, 6.07) is 17.4. The molecule has 0 aliphatic carbocycles. The van der Waals surface area contributed by atoms with Gasteiger partial charge >= 0.3 is 11.9 Å². The molecule has 2 N–H and O–H groups in total. The molecule has 0 bridgehead atoms. The van der Waals surface area contributed by atoms with Crippen LogP contribution < -0.4 is 0 Å². The highest BCUT2D eigenvalue weighted by molar-refractivity contribution is 8.26. The number of nitrogens with zero attached hydrogens (tertiary/aromatic N) is 2. The smallest absolute Gasteiger partial charge is 0.323 e. The van der Waals surface area contributed by atoms with Crippen LogP contribution in [-0.4, -0.2) is 100 Å². The highest BCUT2D eigenvalue weighted by Gasteiger charge is 2.34. The van der Waals surface area contributed by atoms with Crippen LogP contribution in [0.1, 0.15) is 60.2 Å². The molecular weight excluding hydrogens is 643 g/mol. The number of esters is 1. The number of piperidine rings is 2. The molecule has 2 aliphatic heterocycles. The first-order chi connectivity index (χ1) is 21.4. The molecule has 250 valence electrons. The monoisotopic (exact) mass is 686 g/mol. The van der Waals surface area contributed by atoms with Crippen molar-refractivity contribution in [2.24, 2.45) is 11.8 Å². The predicted molar refractivity (Wildman–Crippen MR) is 177 cm³/mol. The number of methoxy groups -OCH3 is 1. The Morgan fingerprint density at radius 3 is 1.49 bits per heavy atom. The molecule has 0 aromatic heterocycles. The summed E-state index contributed by atoms with van der Waals surface area (Å²) in [6.07, 6.45) is 3.34. The van der Waals surface area contributed by atoms with E-state index in [4.69, 9.17) is 14.1 Å². The van der Waals surface area contributed by atoms with Gasteiger partial charge in [-0.1, -0.05) is 74.5 Å². The Kier molecular flexibility index (Phi) is 19.7. The van der Waals surface area contributed by atoms with Gasteiger partial charge < -0.3 is 14.9 Å². The maximum atomic E-state index is 12.3. The average molecular weight is 688 g/mol. The molecule has 0 radical (unpaired) electrons. The Balaban J connectivity index is 0.000000384. The Labute approximate surface area is 277 Å². The van der Waals surface area contributed by atoms with E-state index in [-0.39, 0.29) is 36.7 Å². The van der Waals surface area contributed by atoms with E-state index in [9.17, 15) is 24.3 Å². The number of carboxylic acids is 1. The molecule has 2 aliphatic rings. The van der Waals surface area contributed by atoms with E-state index in [1.807, 2.05) is 53.4 Å². The molecule has 2 aromatic carbocycles. The summed E-state index contributed by atoms with van der Waals surface area (Å²) in [5.74, 6) is -0.133. The number of carboxylic acid groups (broad SMARTS) is 1. The number of carbonyl (C=O) groups excluding carboxylic acids is 3. The van der Waals surface area contributed by atoms with Crippen LogP contribution in [0.5, 0.6) is 0 Å². The number of ketones is 2. The van der Waals surface area contributed by atoms with Gasteiger partial charge in [0.25, 0.3) is 0 Å². The van der Waals surface area contributed by atoms with Crippen molar-refractivity contribution in [1.82, 2.24) is 9.80 Å². The van der Waals surface area contributed by atoms with E-state index < -0.39 is 21.2 Å². The number of hydrogen-bond donors (Lipinski definition) is 2. The minimum absolute atomic E-state index is 0.0126. The zero-order valence-corrected chi connectivity index (χ0v) is 28.5. The number of halogens is 2. The first-order valence-corrected chi connectivity index (χ1v) is 17.4. The lowest BCUT2D eigenvalue weighted by molar-refractivity contribution is -0.148. The molecule has 45 heavy (non-hydrogen) atoms. The molecule has 4 unspecified atom stereocenters. The number of ether oxygens (including phenoxy) is 1. The number of aliphatic carboxylic acids is 1. The molecule has 2 saturated heterocycles. The fourth-order valence-electron chi connectivity index (χ4n) is 5.20. The lowest BCUT2D eigenvalue weighted by atomic mass is 9.92. The molecule has 2 aromatic rings. The van der Waals surface area contributed by atoms with Crippen LogP contribution in [0.2, 0.25) is 0 Å². The highest BCUT2D eigenvalue weighted by atomic mass is 36.0. The second kappa shape index (κ2) is 22.0. The van der Waals surface area contributed by atoms with Crippen LogP contribution in [-0.2, 0) is 23.6 Å². The van der Waals surface area contributed by atoms with Crippen molar-refractivity contribution in [2.45, 2.75) is 51.6 Å². The van der Waals surface area contributed by atoms with E-state index in [0.717, 1.165) is 32.9 Å². The quantitative estimate of drug-likeness (QED) is 0.225. The topological polar surface area (TPSA) is 142 Å². The summed E-state index contributed by atoms with van der Waals surface area (Å²) in [6.45, 7) is 6.10. The maximum Gasteiger partial charge on any atom is 0.323 e. The lowest BCUT2D eigenvalue weighted by Crippen LogP contribution is -2.49. The van der Waals surface area contributed by atoms with Crippen LogP contribution in [0.15, 0.2) is 60.7 Å². The molecule has 13 heteroatoms. The Hall–Kier alpha value is -2.67. The molecule has 0 spiro atoms. The molecule has 10 nitrogen and oxygen atoms in total. The number of aliphatic hydroxyl groups is 1. The van der Waals surface area contributed by atoms with Crippen molar-refractivity contribution < 1.29 is 38.3 Å². The Bertz CT molecular complexity index is 1220. The van der Waals surface area contributed by atoms with Crippen molar-refractivity contribution in [1.29, 1.82) is 0 Å².